The van der Waals surface area contributed by atoms with E-state index in [1.165, 1.54) is 18.5 Å². The molecule has 1 aliphatic heterocycles. The molecule has 5 nitrogen and oxygen atoms in total. The fourth-order valence-corrected chi connectivity index (χ4v) is 3.60. The molecule has 0 spiro atoms. The van der Waals surface area contributed by atoms with Gasteiger partial charge in [0.15, 0.2) is 0 Å². The van der Waals surface area contributed by atoms with Crippen LogP contribution in [0.2, 0.25) is 0 Å². The summed E-state index contributed by atoms with van der Waals surface area (Å²) in [6.45, 7) is 0.896. The Labute approximate surface area is 112 Å². The maximum absolute atomic E-state index is 5.09. The number of likely N-dealkylation sites (N-methyl/N-ethyl adjacent to an activating group) is 1. The Morgan fingerprint density at radius 2 is 2.33 bits per heavy atom. The van der Waals surface area contributed by atoms with E-state index in [4.69, 9.17) is 4.74 Å². The van der Waals surface area contributed by atoms with Gasteiger partial charge in [0, 0.05) is 23.9 Å². The van der Waals surface area contributed by atoms with Crippen molar-refractivity contribution in [3.05, 3.63) is 12.4 Å². The Kier molecular flexibility index (Phi) is 4.29. The molecule has 100 valence electrons. The van der Waals surface area contributed by atoms with Crippen molar-refractivity contribution in [2.75, 3.05) is 44.6 Å². The topological polar surface area (TPSA) is 50.3 Å². The minimum absolute atomic E-state index is 0.225. The van der Waals surface area contributed by atoms with Crippen molar-refractivity contribution in [3.63, 3.8) is 0 Å². The van der Waals surface area contributed by atoms with Gasteiger partial charge < -0.3 is 15.0 Å². The standard InChI is InChI=1S/C12H20N4OS/c1-16(2)12(4-5-18-8-12)7-13-10-6-11(17-3)15-9-14-10/h6,9H,4-5,7-8H2,1-3H3,(H,13,14,15). The van der Waals surface area contributed by atoms with Crippen molar-refractivity contribution >= 4 is 17.6 Å². The molecule has 2 rings (SSSR count). The van der Waals surface area contributed by atoms with Gasteiger partial charge in [0.1, 0.15) is 12.1 Å². The van der Waals surface area contributed by atoms with Gasteiger partial charge in [-0.25, -0.2) is 9.97 Å². The third-order valence-corrected chi connectivity index (χ3v) is 4.72. The molecule has 1 N–H and O–H groups in total. The lowest BCUT2D eigenvalue weighted by Crippen LogP contribution is -2.49. The van der Waals surface area contributed by atoms with Crippen LogP contribution in [0.5, 0.6) is 5.88 Å². The largest absolute Gasteiger partial charge is 0.481 e. The van der Waals surface area contributed by atoms with E-state index >= 15 is 0 Å². The third kappa shape index (κ3) is 2.87. The highest BCUT2D eigenvalue weighted by Crippen LogP contribution is 2.32. The van der Waals surface area contributed by atoms with Crippen LogP contribution in [0.25, 0.3) is 0 Å². The molecule has 1 aromatic heterocycles. The van der Waals surface area contributed by atoms with Crippen molar-refractivity contribution in [1.29, 1.82) is 0 Å². The van der Waals surface area contributed by atoms with E-state index in [2.05, 4.69) is 34.3 Å². The second-order valence-corrected chi connectivity index (χ2v) is 5.83. The molecule has 0 saturated carbocycles. The Hall–Kier alpha value is -1.01. The van der Waals surface area contributed by atoms with Gasteiger partial charge in [-0.15, -0.1) is 0 Å². The smallest absolute Gasteiger partial charge is 0.218 e. The van der Waals surface area contributed by atoms with Crippen LogP contribution in [0.4, 0.5) is 5.82 Å². The number of nitrogens with one attached hydrogen (secondary N) is 1. The molecule has 1 unspecified atom stereocenters. The van der Waals surface area contributed by atoms with Crippen molar-refractivity contribution in [3.8, 4) is 5.88 Å². The fraction of sp³-hybridized carbons (Fsp3) is 0.667. The highest BCUT2D eigenvalue weighted by Gasteiger charge is 2.36. The van der Waals surface area contributed by atoms with Crippen LogP contribution < -0.4 is 10.1 Å². The third-order valence-electron chi connectivity index (χ3n) is 3.48. The lowest BCUT2D eigenvalue weighted by atomic mass is 9.97. The van der Waals surface area contributed by atoms with E-state index in [1.807, 2.05) is 17.8 Å². The highest BCUT2D eigenvalue weighted by atomic mass is 32.2. The molecular weight excluding hydrogens is 248 g/mol. The van der Waals surface area contributed by atoms with Crippen LogP contribution >= 0.6 is 11.8 Å². The zero-order valence-corrected chi connectivity index (χ0v) is 12.0. The molecule has 2 heterocycles. The van der Waals surface area contributed by atoms with Gasteiger partial charge in [0.2, 0.25) is 5.88 Å². The van der Waals surface area contributed by atoms with Crippen LogP contribution in [0, 0.1) is 0 Å². The first-order valence-electron chi connectivity index (χ1n) is 6.01. The molecule has 6 heteroatoms. The van der Waals surface area contributed by atoms with E-state index in [1.54, 1.807) is 7.11 Å². The van der Waals surface area contributed by atoms with Gasteiger partial charge in [-0.1, -0.05) is 0 Å². The average molecular weight is 268 g/mol. The number of nitrogens with zero attached hydrogens (tertiary/aromatic N) is 3. The van der Waals surface area contributed by atoms with Crippen LogP contribution in [0.15, 0.2) is 12.4 Å². The van der Waals surface area contributed by atoms with E-state index < -0.39 is 0 Å². The van der Waals surface area contributed by atoms with Gasteiger partial charge in [-0.3, -0.25) is 0 Å². The zero-order chi connectivity index (χ0) is 13.0. The van der Waals surface area contributed by atoms with Gasteiger partial charge in [-0.2, -0.15) is 11.8 Å². The Morgan fingerprint density at radius 1 is 1.50 bits per heavy atom. The molecule has 0 amide bonds. The van der Waals surface area contributed by atoms with Crippen molar-refractivity contribution in [1.82, 2.24) is 14.9 Å². The number of rotatable bonds is 5. The molecular formula is C12H20N4OS. The SMILES string of the molecule is COc1cc(NCC2(N(C)C)CCSC2)ncn1. The molecule has 18 heavy (non-hydrogen) atoms. The lowest BCUT2D eigenvalue weighted by molar-refractivity contribution is 0.195. The molecule has 1 fully saturated rings. The molecule has 1 atom stereocenters. The van der Waals surface area contributed by atoms with Crippen molar-refractivity contribution in [2.45, 2.75) is 12.0 Å². The first kappa shape index (κ1) is 13.4. The number of thioether (sulfide) groups is 1. The Balaban J connectivity index is 2.01. The van der Waals surface area contributed by atoms with Gasteiger partial charge >= 0.3 is 0 Å². The zero-order valence-electron chi connectivity index (χ0n) is 11.1. The molecule has 1 saturated heterocycles. The minimum Gasteiger partial charge on any atom is -0.481 e. The number of aromatic nitrogens is 2. The maximum Gasteiger partial charge on any atom is 0.218 e. The van der Waals surface area contributed by atoms with Crippen LogP contribution in [-0.2, 0) is 0 Å². The van der Waals surface area contributed by atoms with E-state index in [0.717, 1.165) is 18.1 Å². The monoisotopic (exact) mass is 268 g/mol. The quantitative estimate of drug-likeness (QED) is 0.869. The molecule has 1 aliphatic rings. The fourth-order valence-electron chi connectivity index (χ4n) is 2.05. The van der Waals surface area contributed by atoms with Gasteiger partial charge in [-0.05, 0) is 26.3 Å². The first-order valence-corrected chi connectivity index (χ1v) is 7.17. The second kappa shape index (κ2) is 5.75. The Bertz CT molecular complexity index is 393. The lowest BCUT2D eigenvalue weighted by Gasteiger charge is -2.35. The van der Waals surface area contributed by atoms with E-state index in [9.17, 15) is 0 Å². The summed E-state index contributed by atoms with van der Waals surface area (Å²) in [6.07, 6.45) is 2.73. The van der Waals surface area contributed by atoms with Crippen LogP contribution in [0.1, 0.15) is 6.42 Å². The maximum atomic E-state index is 5.09. The normalized spacial score (nSPS) is 23.3. The van der Waals surface area contributed by atoms with Gasteiger partial charge in [0.05, 0.1) is 7.11 Å². The molecule has 0 aliphatic carbocycles. The van der Waals surface area contributed by atoms with Crippen molar-refractivity contribution < 1.29 is 4.74 Å². The summed E-state index contributed by atoms with van der Waals surface area (Å²) in [5.41, 5.74) is 0.225. The molecule has 0 bridgehead atoms. The summed E-state index contributed by atoms with van der Waals surface area (Å²) < 4.78 is 5.09. The van der Waals surface area contributed by atoms with E-state index in [-0.39, 0.29) is 5.54 Å². The minimum atomic E-state index is 0.225. The summed E-state index contributed by atoms with van der Waals surface area (Å²) in [6, 6.07) is 1.82. The summed E-state index contributed by atoms with van der Waals surface area (Å²) in [5, 5.41) is 3.40. The number of hydrogen-bond donors (Lipinski definition) is 1. The molecule has 0 radical (unpaired) electrons. The predicted octanol–water partition coefficient (Wildman–Crippen LogP) is 1.33. The van der Waals surface area contributed by atoms with Crippen molar-refractivity contribution in [2.24, 2.45) is 0 Å². The second-order valence-electron chi connectivity index (χ2n) is 4.72. The summed E-state index contributed by atoms with van der Waals surface area (Å²) in [7, 11) is 5.91. The summed E-state index contributed by atoms with van der Waals surface area (Å²) in [4.78, 5) is 10.5. The number of anilines is 1. The molecule has 1 aromatic rings. The number of methoxy groups -OCH3 is 1. The molecule has 0 aromatic carbocycles. The Morgan fingerprint density at radius 3 is 2.94 bits per heavy atom. The summed E-state index contributed by atoms with van der Waals surface area (Å²) in [5.74, 6) is 3.80. The van der Waals surface area contributed by atoms with Crippen LogP contribution in [-0.4, -0.2) is 59.7 Å². The highest BCUT2D eigenvalue weighted by molar-refractivity contribution is 7.99. The van der Waals surface area contributed by atoms with E-state index in [0.29, 0.717) is 5.88 Å². The van der Waals surface area contributed by atoms with Crippen LogP contribution in [0.3, 0.4) is 0 Å². The average Bonchev–Trinajstić information content (AvgIpc) is 2.87. The summed E-state index contributed by atoms with van der Waals surface area (Å²) >= 11 is 2.01. The number of ether oxygens (including phenoxy) is 1. The first-order chi connectivity index (χ1) is 8.66. The predicted molar refractivity (Wildman–Crippen MR) is 75.4 cm³/mol. The van der Waals surface area contributed by atoms with Gasteiger partial charge in [0.25, 0.3) is 0 Å². The number of hydrogen-bond acceptors (Lipinski definition) is 6.